The third kappa shape index (κ3) is 2.28. The lowest BCUT2D eigenvalue weighted by Crippen LogP contribution is -2.06. The zero-order chi connectivity index (χ0) is 10.0. The molecule has 1 aromatic carbocycles. The highest BCUT2D eigenvalue weighted by atomic mass is 79.9. The van der Waals surface area contributed by atoms with E-state index in [-0.39, 0.29) is 16.8 Å². The number of benzene rings is 1. The van der Waals surface area contributed by atoms with Gasteiger partial charge in [-0.1, -0.05) is 15.9 Å². The van der Waals surface area contributed by atoms with Gasteiger partial charge in [-0.15, -0.1) is 0 Å². The minimum absolute atomic E-state index is 0.149. The van der Waals surface area contributed by atoms with Gasteiger partial charge in [-0.2, -0.15) is 0 Å². The van der Waals surface area contributed by atoms with Crippen LogP contribution in [0.2, 0.25) is 0 Å². The van der Waals surface area contributed by atoms with Crippen molar-refractivity contribution in [1.82, 2.24) is 0 Å². The molecule has 13 heavy (non-hydrogen) atoms. The molecule has 70 valence electrons. The molecule has 1 aromatic rings. The summed E-state index contributed by atoms with van der Waals surface area (Å²) in [6.45, 7) is 0. The number of Topliss-reactive ketones (excluding diaryl/α,β-unsaturated/α-hetero) is 1. The van der Waals surface area contributed by atoms with E-state index in [1.807, 2.05) is 0 Å². The van der Waals surface area contributed by atoms with E-state index in [0.29, 0.717) is 10.0 Å². The van der Waals surface area contributed by atoms with Gasteiger partial charge in [-0.05, 0) is 28.1 Å². The Hall–Kier alpha value is -0.420. The van der Waals surface area contributed by atoms with Gasteiger partial charge in [-0.25, -0.2) is 4.39 Å². The van der Waals surface area contributed by atoms with Crippen molar-refractivity contribution in [2.45, 2.75) is 0 Å². The smallest absolute Gasteiger partial charge is 0.176 e. The van der Waals surface area contributed by atoms with Gasteiger partial charge in [0.25, 0.3) is 0 Å². The number of anilines is 1. The van der Waals surface area contributed by atoms with E-state index in [4.69, 9.17) is 5.73 Å². The van der Waals surface area contributed by atoms with Gasteiger partial charge in [0.05, 0.1) is 10.9 Å². The Morgan fingerprint density at radius 3 is 2.62 bits per heavy atom. The minimum atomic E-state index is -0.463. The van der Waals surface area contributed by atoms with Gasteiger partial charge < -0.3 is 5.73 Å². The summed E-state index contributed by atoms with van der Waals surface area (Å²) in [5.41, 5.74) is 5.95. The molecule has 0 aromatic heterocycles. The van der Waals surface area contributed by atoms with Crippen molar-refractivity contribution < 1.29 is 9.18 Å². The fourth-order valence-corrected chi connectivity index (χ4v) is 1.90. The van der Waals surface area contributed by atoms with Crippen molar-refractivity contribution in [2.24, 2.45) is 0 Å². The van der Waals surface area contributed by atoms with Crippen molar-refractivity contribution >= 4 is 43.3 Å². The number of alkyl halides is 1. The minimum Gasteiger partial charge on any atom is -0.398 e. The normalized spacial score (nSPS) is 10.1. The number of halogens is 3. The van der Waals surface area contributed by atoms with Gasteiger partial charge in [0, 0.05) is 10.2 Å². The van der Waals surface area contributed by atoms with Crippen molar-refractivity contribution in [2.75, 3.05) is 11.1 Å². The number of carbonyl (C=O) groups excluding carboxylic acids is 1. The summed E-state index contributed by atoms with van der Waals surface area (Å²) in [6, 6.07) is 2.34. The second-order valence-electron chi connectivity index (χ2n) is 2.41. The lowest BCUT2D eigenvalue weighted by molar-refractivity contribution is 0.102. The Morgan fingerprint density at radius 1 is 1.54 bits per heavy atom. The molecule has 0 fully saturated rings. The summed E-state index contributed by atoms with van der Waals surface area (Å²) in [5.74, 6) is -0.639. The molecule has 0 aliphatic heterocycles. The Balaban J connectivity index is 3.28. The van der Waals surface area contributed by atoms with Gasteiger partial charge in [0.1, 0.15) is 5.82 Å². The van der Waals surface area contributed by atoms with Crippen LogP contribution < -0.4 is 5.73 Å². The van der Waals surface area contributed by atoms with Crippen LogP contribution in [0.1, 0.15) is 10.4 Å². The van der Waals surface area contributed by atoms with Crippen molar-refractivity contribution in [3.05, 3.63) is 28.0 Å². The third-order valence-corrected chi connectivity index (χ3v) is 2.62. The first-order valence-electron chi connectivity index (χ1n) is 3.40. The Kier molecular flexibility index (Phi) is 3.44. The largest absolute Gasteiger partial charge is 0.398 e. The monoisotopic (exact) mass is 309 g/mol. The van der Waals surface area contributed by atoms with Gasteiger partial charge in [-0.3, -0.25) is 4.79 Å². The highest BCUT2D eigenvalue weighted by molar-refractivity contribution is 9.10. The van der Waals surface area contributed by atoms with Crippen LogP contribution in [0.15, 0.2) is 16.6 Å². The summed E-state index contributed by atoms with van der Waals surface area (Å²) in [5, 5.41) is 0.168. The van der Waals surface area contributed by atoms with Crippen LogP contribution in [-0.4, -0.2) is 11.1 Å². The predicted octanol–water partition coefficient (Wildman–Crippen LogP) is 2.75. The Bertz CT molecular complexity index is 331. The molecule has 5 heteroatoms. The topological polar surface area (TPSA) is 43.1 Å². The number of rotatable bonds is 2. The molecule has 0 saturated heterocycles. The molecule has 0 unspecified atom stereocenters. The maximum atomic E-state index is 12.7. The van der Waals surface area contributed by atoms with E-state index in [9.17, 15) is 9.18 Å². The van der Waals surface area contributed by atoms with Crippen LogP contribution in [0.25, 0.3) is 0 Å². The summed E-state index contributed by atoms with van der Waals surface area (Å²) in [7, 11) is 0. The second kappa shape index (κ2) is 4.19. The standard InChI is InChI=1S/C8H6Br2FNO/c9-3-7(13)8-5(10)1-4(11)2-6(8)12/h1-2H,3,12H2. The first-order chi connectivity index (χ1) is 6.06. The number of nitrogens with two attached hydrogens (primary N) is 1. The zero-order valence-electron chi connectivity index (χ0n) is 6.48. The van der Waals surface area contributed by atoms with Crippen LogP contribution >= 0.6 is 31.9 Å². The lowest BCUT2D eigenvalue weighted by Gasteiger charge is -2.05. The number of hydrogen-bond donors (Lipinski definition) is 1. The average molecular weight is 311 g/mol. The van der Waals surface area contributed by atoms with Crippen LogP contribution in [0.5, 0.6) is 0 Å². The Morgan fingerprint density at radius 2 is 2.15 bits per heavy atom. The molecule has 1 rings (SSSR count). The molecule has 0 saturated carbocycles. The SMILES string of the molecule is Nc1cc(F)cc(Br)c1C(=O)CBr. The molecule has 0 heterocycles. The molecule has 2 nitrogen and oxygen atoms in total. The molecule has 0 bridgehead atoms. The highest BCUT2D eigenvalue weighted by Crippen LogP contribution is 2.25. The summed E-state index contributed by atoms with van der Waals surface area (Å²) < 4.78 is 13.1. The average Bonchev–Trinajstić information content (AvgIpc) is 2.02. The number of hydrogen-bond acceptors (Lipinski definition) is 2. The van der Waals surface area contributed by atoms with E-state index in [2.05, 4.69) is 31.9 Å². The van der Waals surface area contributed by atoms with Crippen LogP contribution in [0.4, 0.5) is 10.1 Å². The van der Waals surface area contributed by atoms with E-state index in [1.165, 1.54) is 6.07 Å². The molecular weight excluding hydrogens is 305 g/mol. The quantitative estimate of drug-likeness (QED) is 0.518. The Labute approximate surface area is 91.6 Å². The zero-order valence-corrected chi connectivity index (χ0v) is 9.65. The number of ketones is 1. The molecule has 0 radical (unpaired) electrons. The first-order valence-corrected chi connectivity index (χ1v) is 5.31. The first kappa shape index (κ1) is 10.7. The number of nitrogen functional groups attached to an aromatic ring is 1. The van der Waals surface area contributed by atoms with E-state index in [0.717, 1.165) is 6.07 Å². The van der Waals surface area contributed by atoms with Crippen molar-refractivity contribution in [3.8, 4) is 0 Å². The van der Waals surface area contributed by atoms with Gasteiger partial charge >= 0.3 is 0 Å². The molecule has 0 aliphatic rings. The lowest BCUT2D eigenvalue weighted by atomic mass is 10.1. The van der Waals surface area contributed by atoms with Crippen LogP contribution in [0, 0.1) is 5.82 Å². The van der Waals surface area contributed by atoms with E-state index < -0.39 is 5.82 Å². The van der Waals surface area contributed by atoms with Crippen LogP contribution in [-0.2, 0) is 0 Å². The highest BCUT2D eigenvalue weighted by Gasteiger charge is 2.13. The van der Waals surface area contributed by atoms with Crippen LogP contribution in [0.3, 0.4) is 0 Å². The molecule has 0 aliphatic carbocycles. The molecular formula is C8H6Br2FNO. The fourth-order valence-electron chi connectivity index (χ4n) is 0.954. The molecule has 0 amide bonds. The van der Waals surface area contributed by atoms with E-state index in [1.54, 1.807) is 0 Å². The predicted molar refractivity (Wildman–Crippen MR) is 56.6 cm³/mol. The number of carbonyl (C=O) groups is 1. The van der Waals surface area contributed by atoms with E-state index >= 15 is 0 Å². The fraction of sp³-hybridized carbons (Fsp3) is 0.125. The van der Waals surface area contributed by atoms with Gasteiger partial charge in [0.2, 0.25) is 0 Å². The summed E-state index contributed by atoms with van der Waals surface area (Å²) in [6.07, 6.45) is 0. The molecule has 0 atom stereocenters. The molecule has 2 N–H and O–H groups in total. The van der Waals surface area contributed by atoms with Crippen molar-refractivity contribution in [3.63, 3.8) is 0 Å². The van der Waals surface area contributed by atoms with Crippen molar-refractivity contribution in [1.29, 1.82) is 0 Å². The molecule has 0 spiro atoms. The maximum Gasteiger partial charge on any atom is 0.176 e. The maximum absolute atomic E-state index is 12.7. The summed E-state index contributed by atoms with van der Waals surface area (Å²) >= 11 is 6.10. The summed E-state index contributed by atoms with van der Waals surface area (Å²) in [4.78, 5) is 11.3. The second-order valence-corrected chi connectivity index (χ2v) is 3.82. The third-order valence-electron chi connectivity index (χ3n) is 1.49. The van der Waals surface area contributed by atoms with Gasteiger partial charge in [0.15, 0.2) is 5.78 Å².